The average Bonchev–Trinajstić information content (AvgIpc) is 3.18. The van der Waals surface area contributed by atoms with Crippen molar-refractivity contribution in [1.82, 2.24) is 14.9 Å². The van der Waals surface area contributed by atoms with E-state index in [0.717, 1.165) is 17.8 Å². The van der Waals surface area contributed by atoms with Crippen molar-refractivity contribution in [2.75, 3.05) is 5.32 Å². The third-order valence-corrected chi connectivity index (χ3v) is 4.56. The first-order valence-electron chi connectivity index (χ1n) is 9.39. The number of carbonyl (C=O) groups excluding carboxylic acids is 2. The van der Waals surface area contributed by atoms with E-state index in [1.54, 1.807) is 42.7 Å². The Kier molecular flexibility index (Phi) is 6.39. The molecule has 0 saturated carbocycles. The minimum Gasteiger partial charge on any atom is -0.346 e. The van der Waals surface area contributed by atoms with Gasteiger partial charge in [-0.1, -0.05) is 24.3 Å². The highest BCUT2D eigenvalue weighted by Crippen LogP contribution is 2.18. The summed E-state index contributed by atoms with van der Waals surface area (Å²) in [5.41, 5.74) is 2.85. The molecule has 3 aromatic rings. The molecule has 1 aromatic heterocycles. The Morgan fingerprint density at radius 3 is 2.69 bits per heavy atom. The van der Waals surface area contributed by atoms with Crippen LogP contribution in [0.2, 0.25) is 0 Å². The lowest BCUT2D eigenvalue weighted by molar-refractivity contribution is -0.115. The van der Waals surface area contributed by atoms with E-state index in [9.17, 15) is 14.0 Å². The number of rotatable bonds is 7. The lowest BCUT2D eigenvalue weighted by Gasteiger charge is -2.11. The predicted octanol–water partition coefficient (Wildman–Crippen LogP) is 3.46. The number of aryl methyl sites for hydroxylation is 2. The van der Waals surface area contributed by atoms with Gasteiger partial charge < -0.3 is 15.2 Å². The molecule has 1 heterocycles. The Labute approximate surface area is 168 Å². The summed E-state index contributed by atoms with van der Waals surface area (Å²) in [6, 6.07) is 11.2. The predicted molar refractivity (Wildman–Crippen MR) is 109 cm³/mol. The second kappa shape index (κ2) is 9.14. The lowest BCUT2D eigenvalue weighted by atomic mass is 10.1. The molecule has 7 heteroatoms. The topological polar surface area (TPSA) is 76.0 Å². The fraction of sp³-hybridized carbons (Fsp3) is 0.227. The molecule has 0 bridgehead atoms. The zero-order valence-electron chi connectivity index (χ0n) is 16.4. The van der Waals surface area contributed by atoms with Gasteiger partial charge in [-0.3, -0.25) is 9.59 Å². The van der Waals surface area contributed by atoms with Crippen LogP contribution in [0.15, 0.2) is 55.0 Å². The number of nitrogens with zero attached hydrogens (tertiary/aromatic N) is 2. The Bertz CT molecular complexity index is 1030. The molecule has 150 valence electrons. The van der Waals surface area contributed by atoms with Gasteiger partial charge in [-0.15, -0.1) is 0 Å². The van der Waals surface area contributed by atoms with Gasteiger partial charge in [0.2, 0.25) is 5.91 Å². The first-order chi connectivity index (χ1) is 14.0. The molecule has 0 aliphatic rings. The van der Waals surface area contributed by atoms with Crippen molar-refractivity contribution < 1.29 is 14.0 Å². The minimum absolute atomic E-state index is 0.0807. The first-order valence-corrected chi connectivity index (χ1v) is 9.39. The van der Waals surface area contributed by atoms with Gasteiger partial charge in [0.05, 0.1) is 25.0 Å². The third kappa shape index (κ3) is 5.28. The molecular weight excluding hydrogens is 371 g/mol. The van der Waals surface area contributed by atoms with E-state index < -0.39 is 5.82 Å². The van der Waals surface area contributed by atoms with E-state index in [2.05, 4.69) is 15.6 Å². The van der Waals surface area contributed by atoms with Gasteiger partial charge in [0.15, 0.2) is 0 Å². The standard InChI is InChI=1S/C22H23FN4O2/c1-3-27-13-18(25-14-27)12-24-22(29)17-9-8-15(2)20(10-17)26-21(28)11-16-6-4-5-7-19(16)23/h4-10,13-14H,3,11-12H2,1-2H3,(H,24,29)(H,26,28). The van der Waals surface area contributed by atoms with Crippen LogP contribution < -0.4 is 10.6 Å². The molecule has 2 aromatic carbocycles. The van der Waals surface area contributed by atoms with Crippen LogP contribution >= 0.6 is 0 Å². The molecule has 0 atom stereocenters. The maximum absolute atomic E-state index is 13.7. The maximum Gasteiger partial charge on any atom is 0.251 e. The van der Waals surface area contributed by atoms with Crippen LogP contribution in [0, 0.1) is 12.7 Å². The Morgan fingerprint density at radius 2 is 1.97 bits per heavy atom. The number of aromatic nitrogens is 2. The summed E-state index contributed by atoms with van der Waals surface area (Å²) in [6.07, 6.45) is 3.52. The molecular formula is C22H23FN4O2. The van der Waals surface area contributed by atoms with E-state index in [1.807, 2.05) is 24.6 Å². The highest BCUT2D eigenvalue weighted by atomic mass is 19.1. The zero-order valence-corrected chi connectivity index (χ0v) is 16.4. The van der Waals surface area contributed by atoms with E-state index in [1.165, 1.54) is 6.07 Å². The SMILES string of the molecule is CCn1cnc(CNC(=O)c2ccc(C)c(NC(=O)Cc3ccccc3F)c2)c1. The summed E-state index contributed by atoms with van der Waals surface area (Å²) in [6.45, 7) is 4.97. The smallest absolute Gasteiger partial charge is 0.251 e. The molecule has 0 fully saturated rings. The van der Waals surface area contributed by atoms with Gasteiger partial charge in [0.1, 0.15) is 5.82 Å². The molecule has 6 nitrogen and oxygen atoms in total. The molecule has 0 unspecified atom stereocenters. The molecule has 0 radical (unpaired) electrons. The molecule has 29 heavy (non-hydrogen) atoms. The number of carbonyl (C=O) groups is 2. The number of amides is 2. The highest BCUT2D eigenvalue weighted by molar-refractivity contribution is 5.98. The van der Waals surface area contributed by atoms with Crippen molar-refractivity contribution in [3.8, 4) is 0 Å². The zero-order chi connectivity index (χ0) is 20.8. The normalized spacial score (nSPS) is 10.6. The number of nitrogens with one attached hydrogen (secondary N) is 2. The molecule has 0 aliphatic carbocycles. The van der Waals surface area contributed by atoms with E-state index >= 15 is 0 Å². The van der Waals surface area contributed by atoms with Crippen molar-refractivity contribution in [2.24, 2.45) is 0 Å². The number of hydrogen-bond acceptors (Lipinski definition) is 3. The summed E-state index contributed by atoms with van der Waals surface area (Å²) < 4.78 is 15.7. The van der Waals surface area contributed by atoms with Crippen molar-refractivity contribution in [2.45, 2.75) is 33.4 Å². The van der Waals surface area contributed by atoms with Gasteiger partial charge in [0, 0.05) is 24.0 Å². The van der Waals surface area contributed by atoms with E-state index in [0.29, 0.717) is 23.4 Å². The maximum atomic E-state index is 13.7. The molecule has 0 aliphatic heterocycles. The second-order valence-corrected chi connectivity index (χ2v) is 6.72. The summed E-state index contributed by atoms with van der Waals surface area (Å²) in [7, 11) is 0. The van der Waals surface area contributed by atoms with Crippen molar-refractivity contribution in [1.29, 1.82) is 0 Å². The van der Waals surface area contributed by atoms with Crippen molar-refractivity contribution >= 4 is 17.5 Å². The quantitative estimate of drug-likeness (QED) is 0.644. The Hall–Kier alpha value is -3.48. The van der Waals surface area contributed by atoms with Gasteiger partial charge in [-0.05, 0) is 43.2 Å². The average molecular weight is 394 g/mol. The largest absolute Gasteiger partial charge is 0.346 e. The van der Waals surface area contributed by atoms with Gasteiger partial charge in [-0.2, -0.15) is 0 Å². The summed E-state index contributed by atoms with van der Waals surface area (Å²) in [5.74, 6) is -1.03. The van der Waals surface area contributed by atoms with Crippen LogP contribution in [0.3, 0.4) is 0 Å². The van der Waals surface area contributed by atoms with Gasteiger partial charge in [-0.25, -0.2) is 9.37 Å². The second-order valence-electron chi connectivity index (χ2n) is 6.72. The van der Waals surface area contributed by atoms with Crippen molar-refractivity contribution in [3.05, 3.63) is 83.2 Å². The van der Waals surface area contributed by atoms with Crippen LogP contribution in [-0.4, -0.2) is 21.4 Å². The number of benzene rings is 2. The van der Waals surface area contributed by atoms with Crippen LogP contribution in [0.25, 0.3) is 0 Å². The van der Waals surface area contributed by atoms with E-state index in [4.69, 9.17) is 0 Å². The summed E-state index contributed by atoms with van der Waals surface area (Å²) >= 11 is 0. The number of anilines is 1. The van der Waals surface area contributed by atoms with Crippen LogP contribution in [-0.2, 0) is 24.3 Å². The third-order valence-electron chi connectivity index (χ3n) is 4.56. The summed E-state index contributed by atoms with van der Waals surface area (Å²) in [4.78, 5) is 29.0. The highest BCUT2D eigenvalue weighted by Gasteiger charge is 2.12. The van der Waals surface area contributed by atoms with Crippen LogP contribution in [0.1, 0.15) is 34.1 Å². The first kappa shape index (κ1) is 20.3. The molecule has 2 N–H and O–H groups in total. The monoisotopic (exact) mass is 394 g/mol. The fourth-order valence-corrected chi connectivity index (χ4v) is 2.85. The van der Waals surface area contributed by atoms with E-state index in [-0.39, 0.29) is 18.2 Å². The lowest BCUT2D eigenvalue weighted by Crippen LogP contribution is -2.23. The molecule has 2 amide bonds. The van der Waals surface area contributed by atoms with Crippen LogP contribution in [0.4, 0.5) is 10.1 Å². The fourth-order valence-electron chi connectivity index (χ4n) is 2.85. The molecule has 0 spiro atoms. The van der Waals surface area contributed by atoms with Crippen LogP contribution in [0.5, 0.6) is 0 Å². The molecule has 0 saturated heterocycles. The van der Waals surface area contributed by atoms with Gasteiger partial charge in [0.25, 0.3) is 5.91 Å². The Morgan fingerprint density at radius 1 is 1.17 bits per heavy atom. The van der Waals surface area contributed by atoms with Gasteiger partial charge >= 0.3 is 0 Å². The Balaban J connectivity index is 1.64. The number of halogens is 1. The molecule has 3 rings (SSSR count). The number of hydrogen-bond donors (Lipinski definition) is 2. The number of imidazole rings is 1. The van der Waals surface area contributed by atoms with Crippen molar-refractivity contribution in [3.63, 3.8) is 0 Å². The summed E-state index contributed by atoms with van der Waals surface area (Å²) in [5, 5.41) is 5.59. The minimum atomic E-state index is -0.419.